The molecule has 0 unspecified atom stereocenters. The molecule has 2 aromatic rings. The second-order valence-corrected chi connectivity index (χ2v) is 5.92. The fraction of sp³-hybridized carbons (Fsp3) is 0.312. The van der Waals surface area contributed by atoms with Crippen LogP contribution in [0.1, 0.15) is 29.4 Å². The number of nitrogens with zero attached hydrogens (tertiary/aromatic N) is 2. The molecule has 116 valence electrons. The maximum Gasteiger partial charge on any atom is 0.305 e. The molecule has 1 N–H and O–H groups in total. The Bertz CT molecular complexity index is 731. The van der Waals surface area contributed by atoms with Gasteiger partial charge in [-0.05, 0) is 38.1 Å². The summed E-state index contributed by atoms with van der Waals surface area (Å²) in [6, 6.07) is 7.35. The normalized spacial score (nSPS) is 10.7. The third-order valence-electron chi connectivity index (χ3n) is 3.39. The van der Waals surface area contributed by atoms with Gasteiger partial charge in [0, 0.05) is 28.6 Å². The molecule has 1 aromatic carbocycles. The van der Waals surface area contributed by atoms with E-state index < -0.39 is 5.97 Å². The summed E-state index contributed by atoms with van der Waals surface area (Å²) in [6.45, 7) is 4.34. The summed E-state index contributed by atoms with van der Waals surface area (Å²) < 4.78 is 0.869. The number of amides is 1. The van der Waals surface area contributed by atoms with Gasteiger partial charge in [0.1, 0.15) is 0 Å². The van der Waals surface area contributed by atoms with Crippen LogP contribution in [0.2, 0.25) is 0 Å². The van der Waals surface area contributed by atoms with Crippen LogP contribution >= 0.6 is 15.9 Å². The number of carbonyl (C=O) groups excluding carboxylic acids is 1. The molecule has 1 amide bonds. The Morgan fingerprint density at radius 1 is 1.32 bits per heavy atom. The first-order valence-corrected chi connectivity index (χ1v) is 7.79. The number of rotatable bonds is 5. The van der Waals surface area contributed by atoms with Crippen LogP contribution in [0.4, 0.5) is 0 Å². The number of carbonyl (C=O) groups is 2. The standard InChI is InChI=1S/C16H17BrN2O3/c1-3-19(7-6-15(20)21)16(22)13-8-10(2)18-14-5-4-11(17)9-12(13)14/h4-5,8-9H,3,6-7H2,1-2H3,(H,20,21). The maximum absolute atomic E-state index is 12.8. The molecule has 5 nitrogen and oxygen atoms in total. The number of pyridine rings is 1. The summed E-state index contributed by atoms with van der Waals surface area (Å²) in [7, 11) is 0. The molecule has 0 spiro atoms. The molecule has 0 atom stereocenters. The minimum absolute atomic E-state index is 0.0642. The molecule has 0 saturated heterocycles. The average Bonchev–Trinajstić information content (AvgIpc) is 2.47. The Hall–Kier alpha value is -1.95. The molecule has 2 rings (SSSR count). The molecule has 0 bridgehead atoms. The second kappa shape index (κ2) is 6.87. The number of benzene rings is 1. The maximum atomic E-state index is 12.8. The zero-order chi connectivity index (χ0) is 16.3. The van der Waals surface area contributed by atoms with E-state index in [1.54, 1.807) is 11.0 Å². The molecule has 0 fully saturated rings. The summed E-state index contributed by atoms with van der Waals surface area (Å²) in [5.74, 6) is -1.08. The van der Waals surface area contributed by atoms with E-state index in [1.807, 2.05) is 32.0 Å². The average molecular weight is 365 g/mol. The van der Waals surface area contributed by atoms with Gasteiger partial charge in [-0.1, -0.05) is 15.9 Å². The molecule has 0 aliphatic carbocycles. The van der Waals surface area contributed by atoms with Crippen LogP contribution in [-0.4, -0.2) is 40.0 Å². The number of aliphatic carboxylic acids is 1. The largest absolute Gasteiger partial charge is 0.481 e. The van der Waals surface area contributed by atoms with Crippen LogP contribution in [-0.2, 0) is 4.79 Å². The van der Waals surface area contributed by atoms with Crippen molar-refractivity contribution in [3.05, 3.63) is 40.0 Å². The summed E-state index contributed by atoms with van der Waals surface area (Å²) in [5.41, 5.74) is 2.06. The Morgan fingerprint density at radius 2 is 2.05 bits per heavy atom. The molecule has 0 radical (unpaired) electrons. The van der Waals surface area contributed by atoms with Crippen LogP contribution in [0.5, 0.6) is 0 Å². The van der Waals surface area contributed by atoms with E-state index in [9.17, 15) is 9.59 Å². The van der Waals surface area contributed by atoms with Crippen molar-refractivity contribution in [2.24, 2.45) is 0 Å². The van der Waals surface area contributed by atoms with Gasteiger partial charge in [0.2, 0.25) is 0 Å². The van der Waals surface area contributed by atoms with E-state index in [0.29, 0.717) is 12.1 Å². The third kappa shape index (κ3) is 3.62. The second-order valence-electron chi connectivity index (χ2n) is 5.00. The predicted octanol–water partition coefficient (Wildman–Crippen LogP) is 3.24. The van der Waals surface area contributed by atoms with Crippen molar-refractivity contribution >= 4 is 38.7 Å². The lowest BCUT2D eigenvalue weighted by Crippen LogP contribution is -2.33. The first kappa shape index (κ1) is 16.4. The first-order valence-electron chi connectivity index (χ1n) is 7.00. The van der Waals surface area contributed by atoms with Gasteiger partial charge < -0.3 is 10.0 Å². The van der Waals surface area contributed by atoms with Gasteiger partial charge in [-0.25, -0.2) is 0 Å². The minimum Gasteiger partial charge on any atom is -0.481 e. The number of halogens is 1. The molecular weight excluding hydrogens is 348 g/mol. The summed E-state index contributed by atoms with van der Waals surface area (Å²) in [6.07, 6.45) is -0.0642. The van der Waals surface area contributed by atoms with Crippen LogP contribution < -0.4 is 0 Å². The Balaban J connectivity index is 2.45. The Kier molecular flexibility index (Phi) is 5.13. The highest BCUT2D eigenvalue weighted by Gasteiger charge is 2.18. The third-order valence-corrected chi connectivity index (χ3v) is 3.89. The highest BCUT2D eigenvalue weighted by molar-refractivity contribution is 9.10. The van der Waals surface area contributed by atoms with Gasteiger partial charge in [0.25, 0.3) is 5.91 Å². The zero-order valence-corrected chi connectivity index (χ0v) is 14.1. The lowest BCUT2D eigenvalue weighted by atomic mass is 10.1. The van der Waals surface area contributed by atoms with E-state index in [2.05, 4.69) is 20.9 Å². The first-order chi connectivity index (χ1) is 10.4. The minimum atomic E-state index is -0.912. The van der Waals surface area contributed by atoms with Crippen molar-refractivity contribution in [1.29, 1.82) is 0 Å². The van der Waals surface area contributed by atoms with Gasteiger partial charge in [-0.3, -0.25) is 14.6 Å². The number of carboxylic acids is 1. The van der Waals surface area contributed by atoms with Gasteiger partial charge >= 0.3 is 5.97 Å². The monoisotopic (exact) mass is 364 g/mol. The van der Waals surface area contributed by atoms with Gasteiger partial charge in [0.05, 0.1) is 17.5 Å². The number of hydrogen-bond acceptors (Lipinski definition) is 3. The lowest BCUT2D eigenvalue weighted by Gasteiger charge is -2.21. The van der Waals surface area contributed by atoms with Crippen LogP contribution in [0.3, 0.4) is 0 Å². The van der Waals surface area contributed by atoms with Crippen molar-refractivity contribution in [2.45, 2.75) is 20.3 Å². The Labute approximate surface area is 137 Å². The van der Waals surface area contributed by atoms with Crippen molar-refractivity contribution in [2.75, 3.05) is 13.1 Å². The fourth-order valence-corrected chi connectivity index (χ4v) is 2.67. The molecule has 22 heavy (non-hydrogen) atoms. The van der Waals surface area contributed by atoms with Crippen LogP contribution in [0.15, 0.2) is 28.7 Å². The summed E-state index contributed by atoms with van der Waals surface area (Å²) in [4.78, 5) is 29.5. The molecular formula is C16H17BrN2O3. The van der Waals surface area contributed by atoms with Gasteiger partial charge in [-0.2, -0.15) is 0 Å². The molecule has 1 aromatic heterocycles. The number of aryl methyl sites for hydroxylation is 1. The number of hydrogen-bond donors (Lipinski definition) is 1. The van der Waals surface area contributed by atoms with E-state index in [1.165, 1.54) is 0 Å². The van der Waals surface area contributed by atoms with E-state index in [4.69, 9.17) is 5.11 Å². The van der Waals surface area contributed by atoms with Gasteiger partial charge in [-0.15, -0.1) is 0 Å². The molecule has 1 heterocycles. The van der Waals surface area contributed by atoms with Crippen molar-refractivity contribution < 1.29 is 14.7 Å². The van der Waals surface area contributed by atoms with Crippen LogP contribution in [0, 0.1) is 6.92 Å². The van der Waals surface area contributed by atoms with Crippen molar-refractivity contribution in [3.8, 4) is 0 Å². The molecule has 0 saturated carbocycles. The number of carboxylic acid groups (broad SMARTS) is 1. The summed E-state index contributed by atoms with van der Waals surface area (Å²) in [5, 5.41) is 9.57. The highest BCUT2D eigenvalue weighted by Crippen LogP contribution is 2.24. The lowest BCUT2D eigenvalue weighted by molar-refractivity contribution is -0.137. The number of aromatic nitrogens is 1. The quantitative estimate of drug-likeness (QED) is 0.883. The highest BCUT2D eigenvalue weighted by atomic mass is 79.9. The van der Waals surface area contributed by atoms with Crippen LogP contribution in [0.25, 0.3) is 10.9 Å². The Morgan fingerprint density at radius 3 is 2.68 bits per heavy atom. The SMILES string of the molecule is CCN(CCC(=O)O)C(=O)c1cc(C)nc2ccc(Br)cc12. The van der Waals surface area contributed by atoms with E-state index in [0.717, 1.165) is 21.1 Å². The fourth-order valence-electron chi connectivity index (χ4n) is 2.31. The van der Waals surface area contributed by atoms with E-state index >= 15 is 0 Å². The van der Waals surface area contributed by atoms with Gasteiger partial charge in [0.15, 0.2) is 0 Å². The van der Waals surface area contributed by atoms with Crippen molar-refractivity contribution in [1.82, 2.24) is 9.88 Å². The topological polar surface area (TPSA) is 70.5 Å². The molecule has 0 aliphatic heterocycles. The molecule has 0 aliphatic rings. The van der Waals surface area contributed by atoms with Crippen molar-refractivity contribution in [3.63, 3.8) is 0 Å². The smallest absolute Gasteiger partial charge is 0.305 e. The summed E-state index contributed by atoms with van der Waals surface area (Å²) >= 11 is 3.41. The predicted molar refractivity (Wildman–Crippen MR) is 88.0 cm³/mol. The zero-order valence-electron chi connectivity index (χ0n) is 12.5. The molecule has 6 heteroatoms. The van der Waals surface area contributed by atoms with E-state index in [-0.39, 0.29) is 18.9 Å². The number of fused-ring (bicyclic) bond motifs is 1.